The zero-order valence-corrected chi connectivity index (χ0v) is 9.25. The fourth-order valence-corrected chi connectivity index (χ4v) is 1.67. The van der Waals surface area contributed by atoms with Gasteiger partial charge in [0.15, 0.2) is 0 Å². The molecule has 0 aliphatic heterocycles. The number of aliphatic carboxylic acids is 1. The van der Waals surface area contributed by atoms with Crippen molar-refractivity contribution in [2.24, 2.45) is 11.8 Å². The van der Waals surface area contributed by atoms with Crippen molar-refractivity contribution in [1.29, 1.82) is 0 Å². The molecule has 1 N–H and O–H groups in total. The number of carbonyl (C=O) groups is 2. The molecule has 0 amide bonds. The zero-order valence-electron chi connectivity index (χ0n) is 9.25. The van der Waals surface area contributed by atoms with Crippen molar-refractivity contribution in [3.8, 4) is 0 Å². The van der Waals surface area contributed by atoms with Gasteiger partial charge in [-0.15, -0.1) is 0 Å². The Bertz CT molecular complexity index is 187. The van der Waals surface area contributed by atoms with Crippen LogP contribution in [0.2, 0.25) is 0 Å². The molecule has 0 bridgehead atoms. The molecule has 1 rings (SSSR count). The maximum absolute atomic E-state index is 10.9. The van der Waals surface area contributed by atoms with E-state index in [1.54, 1.807) is 6.92 Å². The molecule has 1 saturated carbocycles. The van der Waals surface area contributed by atoms with Gasteiger partial charge in [-0.2, -0.15) is 0 Å². The first kappa shape index (κ1) is 13.1. The van der Waals surface area contributed by atoms with E-state index >= 15 is 0 Å². The summed E-state index contributed by atoms with van der Waals surface area (Å²) in [4.78, 5) is 19.9. The molecule has 0 unspecified atom stereocenters. The first-order chi connectivity index (χ1) is 6.43. The fourth-order valence-electron chi connectivity index (χ4n) is 1.67. The van der Waals surface area contributed by atoms with Crippen LogP contribution in [0.25, 0.3) is 0 Å². The van der Waals surface area contributed by atoms with Crippen molar-refractivity contribution in [3.63, 3.8) is 0 Å². The molecule has 0 heterocycles. The zero-order chi connectivity index (χ0) is 11.1. The van der Waals surface area contributed by atoms with Crippen LogP contribution < -0.4 is 0 Å². The summed E-state index contributed by atoms with van der Waals surface area (Å²) in [5.74, 6) is 0.818. The van der Waals surface area contributed by atoms with Gasteiger partial charge < -0.3 is 5.11 Å². The van der Waals surface area contributed by atoms with Crippen LogP contribution in [0, 0.1) is 11.8 Å². The Morgan fingerprint density at radius 2 is 1.43 bits per heavy atom. The molecule has 1 aliphatic rings. The summed E-state index contributed by atoms with van der Waals surface area (Å²) in [7, 11) is 0. The van der Waals surface area contributed by atoms with Crippen LogP contribution in [0.15, 0.2) is 0 Å². The van der Waals surface area contributed by atoms with Gasteiger partial charge in [0.2, 0.25) is 0 Å². The molecule has 3 heteroatoms. The quantitative estimate of drug-likeness (QED) is 0.707. The molecular weight excluding hydrogens is 180 g/mol. The van der Waals surface area contributed by atoms with E-state index in [1.807, 2.05) is 0 Å². The number of Topliss-reactive ketones (excluding diaryl/α,β-unsaturated/α-hetero) is 1. The van der Waals surface area contributed by atoms with E-state index < -0.39 is 5.97 Å². The molecule has 3 nitrogen and oxygen atoms in total. The van der Waals surface area contributed by atoms with E-state index in [4.69, 9.17) is 9.90 Å². The van der Waals surface area contributed by atoms with E-state index in [9.17, 15) is 4.79 Å². The van der Waals surface area contributed by atoms with E-state index in [1.165, 1.54) is 12.8 Å². The topological polar surface area (TPSA) is 54.4 Å². The predicted molar refractivity (Wildman–Crippen MR) is 55.1 cm³/mol. The van der Waals surface area contributed by atoms with Gasteiger partial charge >= 0.3 is 0 Å². The molecule has 0 atom stereocenters. The van der Waals surface area contributed by atoms with Gasteiger partial charge in [0.1, 0.15) is 5.78 Å². The third kappa shape index (κ3) is 6.63. The van der Waals surface area contributed by atoms with Crippen LogP contribution in [-0.2, 0) is 9.59 Å². The van der Waals surface area contributed by atoms with Crippen LogP contribution in [0.5, 0.6) is 0 Å². The molecule has 0 aromatic rings. The second-order valence-corrected chi connectivity index (χ2v) is 4.09. The number of carboxylic acids is 1. The molecule has 0 spiro atoms. The van der Waals surface area contributed by atoms with Crippen LogP contribution in [0.3, 0.4) is 0 Å². The average molecular weight is 200 g/mol. The van der Waals surface area contributed by atoms with Crippen LogP contribution >= 0.6 is 0 Å². The van der Waals surface area contributed by atoms with E-state index in [0.29, 0.717) is 11.7 Å². The summed E-state index contributed by atoms with van der Waals surface area (Å²) < 4.78 is 0. The largest absolute Gasteiger partial charge is 0.481 e. The van der Waals surface area contributed by atoms with Crippen molar-refractivity contribution >= 4 is 11.8 Å². The number of carboxylic acid groups (broad SMARTS) is 1. The first-order valence-electron chi connectivity index (χ1n) is 5.13. The summed E-state index contributed by atoms with van der Waals surface area (Å²) in [6.07, 6.45) is 4.78. The van der Waals surface area contributed by atoms with Crippen molar-refractivity contribution in [2.75, 3.05) is 0 Å². The van der Waals surface area contributed by atoms with Crippen molar-refractivity contribution in [3.05, 3.63) is 0 Å². The molecule has 0 aromatic carbocycles. The summed E-state index contributed by atoms with van der Waals surface area (Å²) in [6, 6.07) is 0. The Labute approximate surface area is 85.5 Å². The van der Waals surface area contributed by atoms with Gasteiger partial charge in [-0.1, -0.05) is 19.8 Å². The molecule has 1 aliphatic carbocycles. The lowest BCUT2D eigenvalue weighted by Crippen LogP contribution is -2.18. The normalized spacial score (nSPS) is 25.9. The highest BCUT2D eigenvalue weighted by atomic mass is 16.4. The second kappa shape index (κ2) is 6.57. The third-order valence-corrected chi connectivity index (χ3v) is 2.59. The third-order valence-electron chi connectivity index (χ3n) is 2.59. The van der Waals surface area contributed by atoms with Gasteiger partial charge in [-0.25, -0.2) is 0 Å². The van der Waals surface area contributed by atoms with Crippen molar-refractivity contribution in [1.82, 2.24) is 0 Å². The summed E-state index contributed by atoms with van der Waals surface area (Å²) >= 11 is 0. The Morgan fingerprint density at radius 3 is 1.71 bits per heavy atom. The molecule has 14 heavy (non-hydrogen) atoms. The van der Waals surface area contributed by atoms with E-state index in [0.717, 1.165) is 25.7 Å². The lowest BCUT2D eigenvalue weighted by atomic mass is 9.81. The minimum atomic E-state index is -0.833. The molecule has 1 fully saturated rings. The van der Waals surface area contributed by atoms with Gasteiger partial charge in [0.05, 0.1) is 0 Å². The minimum Gasteiger partial charge on any atom is -0.481 e. The summed E-state index contributed by atoms with van der Waals surface area (Å²) in [5.41, 5.74) is 0. The Hall–Kier alpha value is -0.860. The van der Waals surface area contributed by atoms with Crippen molar-refractivity contribution in [2.45, 2.75) is 46.5 Å². The van der Waals surface area contributed by atoms with E-state index in [2.05, 4.69) is 6.92 Å². The molecular formula is C11H20O3. The number of hydrogen-bond acceptors (Lipinski definition) is 2. The van der Waals surface area contributed by atoms with Gasteiger partial charge in [0.25, 0.3) is 5.97 Å². The highest BCUT2D eigenvalue weighted by Gasteiger charge is 2.20. The SMILES string of the molecule is CC(=O)C1CCC(C)CC1.CC(=O)O. The lowest BCUT2D eigenvalue weighted by molar-refractivity contribution is -0.134. The molecule has 0 aromatic heterocycles. The van der Waals surface area contributed by atoms with Gasteiger partial charge in [-0.3, -0.25) is 9.59 Å². The number of ketones is 1. The minimum absolute atomic E-state index is 0.395. The van der Waals surface area contributed by atoms with E-state index in [-0.39, 0.29) is 0 Å². The molecule has 0 radical (unpaired) electrons. The average Bonchev–Trinajstić information content (AvgIpc) is 2.03. The Balaban J connectivity index is 0.000000364. The smallest absolute Gasteiger partial charge is 0.300 e. The highest BCUT2D eigenvalue weighted by molar-refractivity contribution is 5.78. The standard InChI is InChI=1S/C9H16O.C2H4O2/c1-7-3-5-9(6-4-7)8(2)10;1-2(3)4/h7,9H,3-6H2,1-2H3;1H3,(H,3,4). The first-order valence-corrected chi connectivity index (χ1v) is 5.13. The Kier molecular flexibility index (Phi) is 6.17. The fraction of sp³-hybridized carbons (Fsp3) is 0.818. The Morgan fingerprint density at radius 1 is 1.07 bits per heavy atom. The number of rotatable bonds is 1. The predicted octanol–water partition coefficient (Wildman–Crippen LogP) is 2.49. The van der Waals surface area contributed by atoms with Gasteiger partial charge in [0, 0.05) is 12.8 Å². The summed E-state index contributed by atoms with van der Waals surface area (Å²) in [6.45, 7) is 5.08. The van der Waals surface area contributed by atoms with Crippen LogP contribution in [0.1, 0.15) is 46.5 Å². The van der Waals surface area contributed by atoms with Crippen molar-refractivity contribution < 1.29 is 14.7 Å². The number of carbonyl (C=O) groups excluding carboxylic acids is 1. The highest BCUT2D eigenvalue weighted by Crippen LogP contribution is 2.28. The second-order valence-electron chi connectivity index (χ2n) is 4.09. The van der Waals surface area contributed by atoms with Gasteiger partial charge in [-0.05, 0) is 25.7 Å². The maximum Gasteiger partial charge on any atom is 0.300 e. The maximum atomic E-state index is 10.9. The summed E-state index contributed by atoms with van der Waals surface area (Å²) in [5, 5.41) is 7.42. The van der Waals surface area contributed by atoms with Crippen LogP contribution in [-0.4, -0.2) is 16.9 Å². The molecule has 0 saturated heterocycles. The lowest BCUT2D eigenvalue weighted by Gasteiger charge is -2.23. The molecule has 82 valence electrons. The monoisotopic (exact) mass is 200 g/mol. The van der Waals surface area contributed by atoms with Crippen LogP contribution in [0.4, 0.5) is 0 Å². The number of hydrogen-bond donors (Lipinski definition) is 1.